The quantitative estimate of drug-likeness (QED) is 0.724. The van der Waals surface area contributed by atoms with E-state index in [1.54, 1.807) is 14.2 Å². The highest BCUT2D eigenvalue weighted by atomic mass is 35.5. The van der Waals surface area contributed by atoms with Gasteiger partial charge in [-0.25, -0.2) is 0 Å². The number of ether oxygens (including phenoxy) is 2. The second-order valence-corrected chi connectivity index (χ2v) is 5.73. The Labute approximate surface area is 142 Å². The van der Waals surface area contributed by atoms with Crippen molar-refractivity contribution in [3.63, 3.8) is 0 Å². The van der Waals surface area contributed by atoms with E-state index in [0.717, 1.165) is 45.3 Å². The second-order valence-electron chi connectivity index (χ2n) is 5.30. The minimum Gasteiger partial charge on any atom is -0.493 e. The maximum Gasteiger partial charge on any atom is 0.164 e. The molecule has 0 aliphatic heterocycles. The van der Waals surface area contributed by atoms with Crippen LogP contribution in [0.4, 0.5) is 5.69 Å². The first-order valence-corrected chi connectivity index (χ1v) is 7.81. The zero-order valence-electron chi connectivity index (χ0n) is 13.8. The third-order valence-corrected chi connectivity index (χ3v) is 3.90. The molecule has 2 aromatic carbocycles. The fourth-order valence-corrected chi connectivity index (χ4v) is 2.67. The molecule has 0 heterocycles. The molecule has 0 saturated heterocycles. The first-order valence-electron chi connectivity index (χ1n) is 7.43. The number of anilines is 1. The summed E-state index contributed by atoms with van der Waals surface area (Å²) in [4.78, 5) is 0. The maximum absolute atomic E-state index is 6.06. The van der Waals surface area contributed by atoms with Gasteiger partial charge in [0.15, 0.2) is 11.5 Å². The van der Waals surface area contributed by atoms with Gasteiger partial charge in [-0.2, -0.15) is 0 Å². The van der Waals surface area contributed by atoms with E-state index in [2.05, 4.69) is 24.9 Å². The van der Waals surface area contributed by atoms with Crippen molar-refractivity contribution in [1.29, 1.82) is 0 Å². The van der Waals surface area contributed by atoms with Gasteiger partial charge in [-0.15, -0.1) is 6.58 Å². The molecule has 2 aromatic rings. The summed E-state index contributed by atoms with van der Waals surface area (Å²) in [6.45, 7) is 6.53. The molecule has 0 atom stereocenters. The number of benzene rings is 2. The van der Waals surface area contributed by atoms with Crippen molar-refractivity contribution in [2.45, 2.75) is 19.9 Å². The van der Waals surface area contributed by atoms with Gasteiger partial charge in [-0.3, -0.25) is 0 Å². The van der Waals surface area contributed by atoms with Crippen LogP contribution >= 0.6 is 11.6 Å². The molecule has 0 aliphatic rings. The van der Waals surface area contributed by atoms with Gasteiger partial charge in [-0.1, -0.05) is 23.7 Å². The Bertz CT molecular complexity index is 698. The molecular formula is C19H22ClNO2. The van der Waals surface area contributed by atoms with Crippen LogP contribution in [0.25, 0.3) is 0 Å². The van der Waals surface area contributed by atoms with Gasteiger partial charge in [0.05, 0.1) is 14.2 Å². The topological polar surface area (TPSA) is 30.5 Å². The van der Waals surface area contributed by atoms with Crippen molar-refractivity contribution in [3.8, 4) is 11.5 Å². The summed E-state index contributed by atoms with van der Waals surface area (Å²) in [5.74, 6) is 1.49. The Morgan fingerprint density at radius 2 is 1.96 bits per heavy atom. The fourth-order valence-electron chi connectivity index (χ4n) is 2.50. The Kier molecular flexibility index (Phi) is 5.94. The number of allylic oxidation sites excluding steroid dienone is 1. The van der Waals surface area contributed by atoms with E-state index < -0.39 is 0 Å². The summed E-state index contributed by atoms with van der Waals surface area (Å²) in [6.07, 6.45) is 2.58. The molecule has 0 spiro atoms. The number of aryl methyl sites for hydroxylation is 1. The number of rotatable bonds is 7. The van der Waals surface area contributed by atoms with Crippen molar-refractivity contribution in [2.24, 2.45) is 0 Å². The van der Waals surface area contributed by atoms with E-state index in [-0.39, 0.29) is 0 Å². The van der Waals surface area contributed by atoms with Crippen LogP contribution in [-0.2, 0) is 13.0 Å². The van der Waals surface area contributed by atoms with Crippen LogP contribution in [0, 0.1) is 6.92 Å². The highest BCUT2D eigenvalue weighted by Crippen LogP contribution is 2.33. The van der Waals surface area contributed by atoms with Gasteiger partial charge in [-0.05, 0) is 48.7 Å². The third kappa shape index (κ3) is 4.20. The Morgan fingerprint density at radius 1 is 1.17 bits per heavy atom. The van der Waals surface area contributed by atoms with Crippen molar-refractivity contribution in [1.82, 2.24) is 0 Å². The Morgan fingerprint density at radius 3 is 2.61 bits per heavy atom. The maximum atomic E-state index is 6.06. The summed E-state index contributed by atoms with van der Waals surface area (Å²) in [7, 11) is 3.30. The standard InChI is InChI=1S/C19H22ClNO2/c1-5-6-15-9-14(10-18(22-3)19(15)23-4)12-21-17-11-16(20)8-7-13(17)2/h5,7-11,21H,1,6,12H2,2-4H3. The number of hydrogen-bond acceptors (Lipinski definition) is 3. The molecule has 0 aliphatic carbocycles. The number of nitrogens with one attached hydrogen (secondary N) is 1. The molecule has 3 nitrogen and oxygen atoms in total. The summed E-state index contributed by atoms with van der Waals surface area (Å²) >= 11 is 6.06. The molecule has 2 rings (SSSR count). The number of methoxy groups -OCH3 is 2. The monoisotopic (exact) mass is 331 g/mol. The smallest absolute Gasteiger partial charge is 0.164 e. The average molecular weight is 332 g/mol. The van der Waals surface area contributed by atoms with Crippen LogP contribution in [0.2, 0.25) is 5.02 Å². The van der Waals surface area contributed by atoms with E-state index in [0.29, 0.717) is 6.54 Å². The molecule has 0 radical (unpaired) electrons. The van der Waals surface area contributed by atoms with Gasteiger partial charge in [0.2, 0.25) is 0 Å². The zero-order chi connectivity index (χ0) is 16.8. The molecule has 4 heteroatoms. The van der Waals surface area contributed by atoms with Crippen LogP contribution in [0.15, 0.2) is 43.0 Å². The summed E-state index contributed by atoms with van der Waals surface area (Å²) < 4.78 is 10.9. The van der Waals surface area contributed by atoms with E-state index in [1.807, 2.05) is 30.3 Å². The summed E-state index contributed by atoms with van der Waals surface area (Å²) in [5.41, 5.74) is 4.35. The number of halogens is 1. The molecule has 0 unspecified atom stereocenters. The van der Waals surface area contributed by atoms with Crippen LogP contribution in [0.1, 0.15) is 16.7 Å². The lowest BCUT2D eigenvalue weighted by atomic mass is 10.1. The Balaban J connectivity index is 2.27. The molecular weight excluding hydrogens is 310 g/mol. The lowest BCUT2D eigenvalue weighted by Crippen LogP contribution is -2.04. The zero-order valence-corrected chi connectivity index (χ0v) is 14.5. The predicted molar refractivity (Wildman–Crippen MR) is 97.0 cm³/mol. The first-order chi connectivity index (χ1) is 11.1. The van der Waals surface area contributed by atoms with Gasteiger partial charge in [0, 0.05) is 22.8 Å². The average Bonchev–Trinajstić information content (AvgIpc) is 2.55. The van der Waals surface area contributed by atoms with Crippen LogP contribution in [0.3, 0.4) is 0 Å². The SMILES string of the molecule is C=CCc1cc(CNc2cc(Cl)ccc2C)cc(OC)c1OC. The molecule has 1 N–H and O–H groups in total. The summed E-state index contributed by atoms with van der Waals surface area (Å²) in [5, 5.41) is 4.14. The predicted octanol–water partition coefficient (Wildman–Crippen LogP) is 5.01. The van der Waals surface area contributed by atoms with Gasteiger partial charge < -0.3 is 14.8 Å². The molecule has 0 aromatic heterocycles. The molecule has 23 heavy (non-hydrogen) atoms. The highest BCUT2D eigenvalue weighted by molar-refractivity contribution is 6.30. The van der Waals surface area contributed by atoms with Crippen molar-refractivity contribution in [2.75, 3.05) is 19.5 Å². The van der Waals surface area contributed by atoms with Gasteiger partial charge in [0.1, 0.15) is 0 Å². The van der Waals surface area contributed by atoms with Crippen LogP contribution < -0.4 is 14.8 Å². The van der Waals surface area contributed by atoms with E-state index in [4.69, 9.17) is 21.1 Å². The normalized spacial score (nSPS) is 10.3. The van der Waals surface area contributed by atoms with Gasteiger partial charge in [0.25, 0.3) is 0 Å². The molecule has 0 fully saturated rings. The van der Waals surface area contributed by atoms with Crippen LogP contribution in [-0.4, -0.2) is 14.2 Å². The van der Waals surface area contributed by atoms with E-state index in [9.17, 15) is 0 Å². The minimum absolute atomic E-state index is 0.672. The summed E-state index contributed by atoms with van der Waals surface area (Å²) in [6, 6.07) is 9.92. The fraction of sp³-hybridized carbons (Fsp3) is 0.263. The lowest BCUT2D eigenvalue weighted by molar-refractivity contribution is 0.352. The van der Waals surface area contributed by atoms with E-state index >= 15 is 0 Å². The second kappa shape index (κ2) is 7.93. The van der Waals surface area contributed by atoms with E-state index in [1.165, 1.54) is 0 Å². The number of hydrogen-bond donors (Lipinski definition) is 1. The molecule has 0 saturated carbocycles. The molecule has 0 amide bonds. The van der Waals surface area contributed by atoms with Gasteiger partial charge >= 0.3 is 0 Å². The van der Waals surface area contributed by atoms with Crippen molar-refractivity contribution >= 4 is 17.3 Å². The molecule has 0 bridgehead atoms. The Hall–Kier alpha value is -2.13. The lowest BCUT2D eigenvalue weighted by Gasteiger charge is -2.16. The molecule has 122 valence electrons. The van der Waals surface area contributed by atoms with Crippen molar-refractivity contribution < 1.29 is 9.47 Å². The highest BCUT2D eigenvalue weighted by Gasteiger charge is 2.11. The third-order valence-electron chi connectivity index (χ3n) is 3.66. The first kappa shape index (κ1) is 17.2. The van der Waals surface area contributed by atoms with Crippen LogP contribution in [0.5, 0.6) is 11.5 Å². The minimum atomic E-state index is 0.672. The largest absolute Gasteiger partial charge is 0.493 e. The van der Waals surface area contributed by atoms with Crippen molar-refractivity contribution in [3.05, 3.63) is 64.7 Å².